The van der Waals surface area contributed by atoms with Crippen LogP contribution in [0.4, 0.5) is 4.39 Å². The Morgan fingerprint density at radius 3 is 3.08 bits per heavy atom. The van der Waals surface area contributed by atoms with Gasteiger partial charge in [0.2, 0.25) is 0 Å². The third kappa shape index (κ3) is 2.78. The summed E-state index contributed by atoms with van der Waals surface area (Å²) in [6.07, 6.45) is 2.52. The molecule has 7 heteroatoms. The van der Waals surface area contributed by atoms with Crippen molar-refractivity contribution in [1.29, 1.82) is 0 Å². The fourth-order valence-corrected chi connectivity index (χ4v) is 4.11. The van der Waals surface area contributed by atoms with Gasteiger partial charge in [-0.3, -0.25) is 4.79 Å². The van der Waals surface area contributed by atoms with Gasteiger partial charge >= 0.3 is 0 Å². The number of fused-ring (bicyclic) bond motifs is 2. The molecule has 1 aliphatic carbocycles. The lowest BCUT2D eigenvalue weighted by Crippen LogP contribution is -2.47. The van der Waals surface area contributed by atoms with Crippen LogP contribution >= 0.6 is 11.3 Å². The maximum atomic E-state index is 13.9. The Hall–Kier alpha value is -1.99. The summed E-state index contributed by atoms with van der Waals surface area (Å²) in [5, 5.41) is 1.89. The number of ether oxygens (including phenoxy) is 2. The van der Waals surface area contributed by atoms with Crippen LogP contribution in [0.3, 0.4) is 0 Å². The molecule has 5 nitrogen and oxygen atoms in total. The van der Waals surface area contributed by atoms with E-state index in [4.69, 9.17) is 9.47 Å². The van der Waals surface area contributed by atoms with Crippen LogP contribution in [0.25, 0.3) is 0 Å². The normalized spacial score (nSPS) is 26.2. The third-order valence-electron chi connectivity index (χ3n) is 4.52. The first-order valence-corrected chi connectivity index (χ1v) is 8.85. The zero-order chi connectivity index (χ0) is 16.5. The first kappa shape index (κ1) is 15.5. The van der Waals surface area contributed by atoms with Gasteiger partial charge in [0, 0.05) is 12.7 Å². The van der Waals surface area contributed by atoms with Crippen LogP contribution in [0, 0.1) is 5.82 Å². The van der Waals surface area contributed by atoms with Gasteiger partial charge in [0.15, 0.2) is 5.82 Å². The molecule has 1 saturated heterocycles. The standard InChI is InChI=1S/C17H17FN2O3S/c18-11-3-1-7-19-16(11)23-15-12-5-6-13(15)22-9-8-20(12)17(21)14-4-2-10-24-14/h1-4,7,10,12-13,15H,5-6,8-9H2. The Balaban J connectivity index is 1.60. The molecule has 1 amide bonds. The summed E-state index contributed by atoms with van der Waals surface area (Å²) in [5.41, 5.74) is 0. The van der Waals surface area contributed by atoms with Crippen molar-refractivity contribution in [2.24, 2.45) is 0 Å². The van der Waals surface area contributed by atoms with Crippen molar-refractivity contribution in [3.8, 4) is 5.88 Å². The summed E-state index contributed by atoms with van der Waals surface area (Å²) >= 11 is 1.42. The van der Waals surface area contributed by atoms with Gasteiger partial charge in [-0.05, 0) is 36.4 Å². The van der Waals surface area contributed by atoms with E-state index in [1.807, 2.05) is 22.4 Å². The monoisotopic (exact) mass is 348 g/mol. The smallest absolute Gasteiger partial charge is 0.264 e. The molecule has 1 saturated carbocycles. The van der Waals surface area contributed by atoms with Crippen molar-refractivity contribution in [3.63, 3.8) is 0 Å². The van der Waals surface area contributed by atoms with Crippen LogP contribution in [0.5, 0.6) is 5.88 Å². The molecule has 0 spiro atoms. The Bertz CT molecular complexity index is 724. The van der Waals surface area contributed by atoms with E-state index in [0.29, 0.717) is 18.0 Å². The van der Waals surface area contributed by atoms with Crippen LogP contribution in [-0.4, -0.2) is 47.2 Å². The van der Waals surface area contributed by atoms with Crippen LogP contribution < -0.4 is 4.74 Å². The van der Waals surface area contributed by atoms with Gasteiger partial charge in [0.25, 0.3) is 11.8 Å². The molecule has 126 valence electrons. The maximum absolute atomic E-state index is 13.9. The van der Waals surface area contributed by atoms with E-state index in [1.54, 1.807) is 0 Å². The Kier molecular flexibility index (Phi) is 4.20. The number of carbonyl (C=O) groups is 1. The molecule has 0 radical (unpaired) electrons. The summed E-state index contributed by atoms with van der Waals surface area (Å²) in [6.45, 7) is 0.977. The van der Waals surface area contributed by atoms with Gasteiger partial charge in [0.1, 0.15) is 6.10 Å². The first-order chi connectivity index (χ1) is 11.7. The zero-order valence-electron chi connectivity index (χ0n) is 12.9. The number of carbonyl (C=O) groups excluding carboxylic acids is 1. The number of aromatic nitrogens is 1. The number of hydrogen-bond donors (Lipinski definition) is 0. The average molecular weight is 348 g/mol. The van der Waals surface area contributed by atoms with Crippen molar-refractivity contribution < 1.29 is 18.7 Å². The second-order valence-corrected chi connectivity index (χ2v) is 6.85. The molecule has 2 fully saturated rings. The highest BCUT2D eigenvalue weighted by Crippen LogP contribution is 2.34. The molecule has 4 rings (SSSR count). The quantitative estimate of drug-likeness (QED) is 0.856. The number of pyridine rings is 1. The van der Waals surface area contributed by atoms with Crippen LogP contribution in [0.15, 0.2) is 35.8 Å². The van der Waals surface area contributed by atoms with Crippen molar-refractivity contribution >= 4 is 17.2 Å². The van der Waals surface area contributed by atoms with Crippen molar-refractivity contribution in [3.05, 3.63) is 46.5 Å². The molecule has 1 aliphatic heterocycles. The van der Waals surface area contributed by atoms with E-state index in [0.717, 1.165) is 12.8 Å². The number of nitrogens with zero attached hydrogens (tertiary/aromatic N) is 2. The Morgan fingerprint density at radius 2 is 2.29 bits per heavy atom. The number of thiophene rings is 1. The van der Waals surface area contributed by atoms with Crippen LogP contribution in [-0.2, 0) is 4.74 Å². The summed E-state index contributed by atoms with van der Waals surface area (Å²) in [4.78, 5) is 19.3. The lowest BCUT2D eigenvalue weighted by molar-refractivity contribution is 0.000313. The molecular formula is C17H17FN2O3S. The second kappa shape index (κ2) is 6.49. The highest BCUT2D eigenvalue weighted by Gasteiger charge is 2.46. The lowest BCUT2D eigenvalue weighted by Gasteiger charge is -2.31. The summed E-state index contributed by atoms with van der Waals surface area (Å²) < 4.78 is 25.6. The van der Waals surface area contributed by atoms with Crippen molar-refractivity contribution in [2.45, 2.75) is 31.1 Å². The molecule has 0 N–H and O–H groups in total. The first-order valence-electron chi connectivity index (χ1n) is 7.97. The fourth-order valence-electron chi connectivity index (χ4n) is 3.43. The largest absolute Gasteiger partial charge is 0.467 e. The van der Waals surface area contributed by atoms with E-state index < -0.39 is 11.9 Å². The number of amides is 1. The number of hydrogen-bond acceptors (Lipinski definition) is 5. The molecule has 2 bridgehead atoms. The van der Waals surface area contributed by atoms with E-state index >= 15 is 0 Å². The van der Waals surface area contributed by atoms with Gasteiger partial charge in [-0.25, -0.2) is 9.37 Å². The molecular weight excluding hydrogens is 331 g/mol. The molecule has 24 heavy (non-hydrogen) atoms. The topological polar surface area (TPSA) is 51.7 Å². The SMILES string of the molecule is O=C(c1cccs1)N1CCOC2CCC1C2Oc1ncccc1F. The van der Waals surface area contributed by atoms with E-state index in [1.165, 1.54) is 29.7 Å². The minimum Gasteiger partial charge on any atom is -0.467 e. The highest BCUT2D eigenvalue weighted by molar-refractivity contribution is 7.12. The zero-order valence-corrected chi connectivity index (χ0v) is 13.7. The average Bonchev–Trinajstić information content (AvgIpc) is 3.18. The van der Waals surface area contributed by atoms with Gasteiger partial charge in [-0.1, -0.05) is 6.07 Å². The van der Waals surface area contributed by atoms with Crippen molar-refractivity contribution in [2.75, 3.05) is 13.2 Å². The Labute approximate surface area is 143 Å². The molecule has 2 aliphatic rings. The van der Waals surface area contributed by atoms with Crippen LogP contribution in [0.1, 0.15) is 22.5 Å². The van der Waals surface area contributed by atoms with E-state index in [9.17, 15) is 9.18 Å². The van der Waals surface area contributed by atoms with Gasteiger partial charge in [0.05, 0.1) is 23.6 Å². The molecule has 2 aromatic heterocycles. The minimum absolute atomic E-state index is 0.0174. The third-order valence-corrected chi connectivity index (χ3v) is 5.38. The minimum atomic E-state index is -0.503. The molecule has 3 unspecified atom stereocenters. The van der Waals surface area contributed by atoms with Gasteiger partial charge < -0.3 is 14.4 Å². The predicted octanol–water partition coefficient (Wildman–Crippen LogP) is 2.73. The summed E-state index contributed by atoms with van der Waals surface area (Å²) in [6, 6.07) is 6.39. The molecule has 3 heterocycles. The highest BCUT2D eigenvalue weighted by atomic mass is 32.1. The Morgan fingerprint density at radius 1 is 1.38 bits per heavy atom. The fraction of sp³-hybridized carbons (Fsp3) is 0.412. The van der Waals surface area contributed by atoms with Crippen molar-refractivity contribution in [1.82, 2.24) is 9.88 Å². The summed E-state index contributed by atoms with van der Waals surface area (Å²) in [7, 11) is 0. The van der Waals surface area contributed by atoms with Gasteiger partial charge in [-0.2, -0.15) is 0 Å². The number of halogens is 1. The van der Waals surface area contributed by atoms with E-state index in [-0.39, 0.29) is 23.9 Å². The predicted molar refractivity (Wildman–Crippen MR) is 86.7 cm³/mol. The molecule has 3 atom stereocenters. The second-order valence-electron chi connectivity index (χ2n) is 5.90. The summed E-state index contributed by atoms with van der Waals surface area (Å²) in [5.74, 6) is -0.554. The van der Waals surface area contributed by atoms with Crippen LogP contribution in [0.2, 0.25) is 0 Å². The van der Waals surface area contributed by atoms with E-state index in [2.05, 4.69) is 4.98 Å². The maximum Gasteiger partial charge on any atom is 0.264 e. The molecule has 0 aromatic carbocycles. The lowest BCUT2D eigenvalue weighted by atomic mass is 10.1. The molecule has 2 aromatic rings. The van der Waals surface area contributed by atoms with Gasteiger partial charge in [-0.15, -0.1) is 11.3 Å². The number of rotatable bonds is 3.